The summed E-state index contributed by atoms with van der Waals surface area (Å²) in [6.45, 7) is 5.63. The Hall–Kier alpha value is -0.570. The van der Waals surface area contributed by atoms with Crippen molar-refractivity contribution in [2.24, 2.45) is 5.41 Å². The molecule has 0 aromatic carbocycles. The summed E-state index contributed by atoms with van der Waals surface area (Å²) in [6.07, 6.45) is 7.32. The number of aliphatic carboxylic acids is 1. The number of unbranched alkanes of at least 4 members (excludes halogenated alkanes) is 1. The monoisotopic (exact) mass is 227 g/mol. The number of hydrogen-bond donors (Lipinski definition) is 2. The molecule has 1 unspecified atom stereocenters. The minimum atomic E-state index is -0.682. The molecule has 0 radical (unpaired) electrons. The van der Waals surface area contributed by atoms with Crippen LogP contribution in [0.15, 0.2) is 0 Å². The van der Waals surface area contributed by atoms with Crippen LogP contribution < -0.4 is 5.32 Å². The van der Waals surface area contributed by atoms with Gasteiger partial charge in [0.05, 0.1) is 0 Å². The van der Waals surface area contributed by atoms with E-state index in [0.29, 0.717) is 17.9 Å². The van der Waals surface area contributed by atoms with Crippen LogP contribution in [0.1, 0.15) is 58.8 Å². The third kappa shape index (κ3) is 4.52. The number of nitrogens with one attached hydrogen (secondary N) is 1. The van der Waals surface area contributed by atoms with Crippen molar-refractivity contribution in [3.63, 3.8) is 0 Å². The molecule has 94 valence electrons. The molecule has 1 rings (SSSR count). The van der Waals surface area contributed by atoms with Crippen molar-refractivity contribution in [1.82, 2.24) is 5.32 Å². The Morgan fingerprint density at radius 2 is 2.12 bits per heavy atom. The summed E-state index contributed by atoms with van der Waals surface area (Å²) in [6, 6.07) is 0.617. The van der Waals surface area contributed by atoms with Crippen molar-refractivity contribution in [2.45, 2.75) is 64.8 Å². The number of rotatable bonds is 6. The van der Waals surface area contributed by atoms with Gasteiger partial charge in [0, 0.05) is 12.5 Å². The van der Waals surface area contributed by atoms with Crippen LogP contribution in [-0.4, -0.2) is 23.7 Å². The summed E-state index contributed by atoms with van der Waals surface area (Å²) in [4.78, 5) is 10.3. The Balaban J connectivity index is 2.14. The molecular weight excluding hydrogens is 202 g/mol. The van der Waals surface area contributed by atoms with Crippen LogP contribution in [0.25, 0.3) is 0 Å². The van der Waals surface area contributed by atoms with Crippen LogP contribution in [-0.2, 0) is 4.79 Å². The Morgan fingerprint density at radius 1 is 1.38 bits per heavy atom. The third-order valence-corrected chi connectivity index (χ3v) is 3.72. The predicted molar refractivity (Wildman–Crippen MR) is 65.5 cm³/mol. The molecule has 2 N–H and O–H groups in total. The molecule has 1 fully saturated rings. The highest BCUT2D eigenvalue weighted by molar-refractivity contribution is 5.66. The summed E-state index contributed by atoms with van der Waals surface area (Å²) in [7, 11) is 0. The molecule has 0 aliphatic heterocycles. The maximum atomic E-state index is 10.3. The van der Waals surface area contributed by atoms with Gasteiger partial charge in [0.15, 0.2) is 0 Å². The molecule has 0 aromatic heterocycles. The van der Waals surface area contributed by atoms with E-state index in [-0.39, 0.29) is 0 Å². The normalized spacial score (nSPS) is 24.2. The Morgan fingerprint density at radius 3 is 2.75 bits per heavy atom. The fraction of sp³-hybridized carbons (Fsp3) is 0.923. The molecule has 1 aliphatic carbocycles. The zero-order chi connectivity index (χ0) is 12.0. The van der Waals surface area contributed by atoms with Crippen LogP contribution in [0, 0.1) is 5.41 Å². The highest BCUT2D eigenvalue weighted by Gasteiger charge is 2.31. The second-order valence-corrected chi connectivity index (χ2v) is 5.59. The van der Waals surface area contributed by atoms with Crippen molar-refractivity contribution < 1.29 is 9.90 Å². The van der Waals surface area contributed by atoms with Gasteiger partial charge in [-0.2, -0.15) is 0 Å². The van der Waals surface area contributed by atoms with E-state index >= 15 is 0 Å². The maximum absolute atomic E-state index is 10.3. The summed E-state index contributed by atoms with van der Waals surface area (Å²) in [5.41, 5.74) is 0.408. The summed E-state index contributed by atoms with van der Waals surface area (Å²) in [5, 5.41) is 12.1. The predicted octanol–water partition coefficient (Wildman–Crippen LogP) is 2.80. The summed E-state index contributed by atoms with van der Waals surface area (Å²) < 4.78 is 0. The second-order valence-electron chi connectivity index (χ2n) is 5.59. The first kappa shape index (κ1) is 13.5. The lowest BCUT2D eigenvalue weighted by molar-refractivity contribution is -0.137. The fourth-order valence-corrected chi connectivity index (χ4v) is 2.55. The van der Waals surface area contributed by atoms with Crippen LogP contribution in [0.5, 0.6) is 0 Å². The minimum absolute atomic E-state index is 0.301. The molecule has 0 bridgehead atoms. The maximum Gasteiger partial charge on any atom is 0.303 e. The Kier molecular flexibility index (Phi) is 5.26. The zero-order valence-corrected chi connectivity index (χ0v) is 10.6. The van der Waals surface area contributed by atoms with Gasteiger partial charge >= 0.3 is 5.97 Å². The fourth-order valence-electron chi connectivity index (χ4n) is 2.55. The van der Waals surface area contributed by atoms with Gasteiger partial charge in [-0.05, 0) is 37.6 Å². The molecule has 0 heterocycles. The van der Waals surface area contributed by atoms with E-state index in [4.69, 9.17) is 5.11 Å². The van der Waals surface area contributed by atoms with Gasteiger partial charge in [0.25, 0.3) is 0 Å². The van der Waals surface area contributed by atoms with Crippen molar-refractivity contribution >= 4 is 5.97 Å². The topological polar surface area (TPSA) is 49.3 Å². The van der Waals surface area contributed by atoms with E-state index in [9.17, 15) is 4.79 Å². The molecule has 1 saturated carbocycles. The van der Waals surface area contributed by atoms with Crippen molar-refractivity contribution in [3.05, 3.63) is 0 Å². The van der Waals surface area contributed by atoms with Crippen molar-refractivity contribution in [1.29, 1.82) is 0 Å². The summed E-state index contributed by atoms with van der Waals surface area (Å²) in [5.74, 6) is -0.682. The van der Waals surface area contributed by atoms with Crippen LogP contribution >= 0.6 is 0 Å². The first-order chi connectivity index (χ1) is 7.52. The lowest BCUT2D eigenvalue weighted by Crippen LogP contribution is -2.44. The van der Waals surface area contributed by atoms with E-state index in [1.54, 1.807) is 0 Å². The van der Waals surface area contributed by atoms with Crippen molar-refractivity contribution in [2.75, 3.05) is 6.54 Å². The molecule has 0 aromatic rings. The number of carboxylic acid groups (broad SMARTS) is 1. The molecule has 1 aliphatic rings. The highest BCUT2D eigenvalue weighted by Crippen LogP contribution is 2.35. The molecule has 3 nitrogen and oxygen atoms in total. The Bertz CT molecular complexity index is 226. The van der Waals surface area contributed by atoms with Crippen molar-refractivity contribution in [3.8, 4) is 0 Å². The number of carbonyl (C=O) groups is 1. The average Bonchev–Trinajstić information content (AvgIpc) is 2.19. The van der Waals surface area contributed by atoms with Gasteiger partial charge in [-0.3, -0.25) is 4.79 Å². The third-order valence-electron chi connectivity index (χ3n) is 3.72. The smallest absolute Gasteiger partial charge is 0.303 e. The molecule has 0 saturated heterocycles. The second kappa shape index (κ2) is 6.24. The molecule has 16 heavy (non-hydrogen) atoms. The molecule has 1 atom stereocenters. The average molecular weight is 227 g/mol. The van der Waals surface area contributed by atoms with E-state index in [1.807, 2.05) is 0 Å². The van der Waals surface area contributed by atoms with Crippen LogP contribution in [0.2, 0.25) is 0 Å². The number of carboxylic acids is 1. The first-order valence-electron chi connectivity index (χ1n) is 6.47. The van der Waals surface area contributed by atoms with Gasteiger partial charge in [-0.15, -0.1) is 0 Å². The first-order valence-corrected chi connectivity index (χ1v) is 6.47. The molecule has 0 amide bonds. The standard InChI is InChI=1S/C13H25NO2/c1-13(2)9-5-3-7-11(13)14-10-6-4-8-12(15)16/h11,14H,3-10H2,1-2H3,(H,15,16). The van der Waals surface area contributed by atoms with Gasteiger partial charge in [0.1, 0.15) is 0 Å². The SMILES string of the molecule is CC1(C)CCCCC1NCCCCC(=O)O. The van der Waals surface area contributed by atoms with Gasteiger partial charge in [-0.1, -0.05) is 26.7 Å². The molecular formula is C13H25NO2. The zero-order valence-electron chi connectivity index (χ0n) is 10.6. The molecule has 3 heteroatoms. The van der Waals surface area contributed by atoms with Gasteiger partial charge in [-0.25, -0.2) is 0 Å². The molecule has 0 spiro atoms. The highest BCUT2D eigenvalue weighted by atomic mass is 16.4. The minimum Gasteiger partial charge on any atom is -0.481 e. The number of hydrogen-bond acceptors (Lipinski definition) is 2. The van der Waals surface area contributed by atoms with Crippen LogP contribution in [0.3, 0.4) is 0 Å². The van der Waals surface area contributed by atoms with Gasteiger partial charge in [0.2, 0.25) is 0 Å². The van der Waals surface area contributed by atoms with Crippen LogP contribution in [0.4, 0.5) is 0 Å². The lowest BCUT2D eigenvalue weighted by Gasteiger charge is -2.39. The lowest BCUT2D eigenvalue weighted by atomic mass is 9.73. The van der Waals surface area contributed by atoms with E-state index < -0.39 is 5.97 Å². The quantitative estimate of drug-likeness (QED) is 0.686. The largest absolute Gasteiger partial charge is 0.481 e. The van der Waals surface area contributed by atoms with E-state index in [2.05, 4.69) is 19.2 Å². The van der Waals surface area contributed by atoms with E-state index in [1.165, 1.54) is 25.7 Å². The summed E-state index contributed by atoms with van der Waals surface area (Å²) >= 11 is 0. The van der Waals surface area contributed by atoms with Gasteiger partial charge < -0.3 is 10.4 Å². The van der Waals surface area contributed by atoms with E-state index in [0.717, 1.165) is 19.4 Å². The Labute approximate surface area is 98.6 Å².